The van der Waals surface area contributed by atoms with Crippen molar-refractivity contribution in [3.63, 3.8) is 0 Å². The van der Waals surface area contributed by atoms with Gasteiger partial charge in [-0.1, -0.05) is 19.1 Å². The Labute approximate surface area is 95.3 Å². The molecule has 1 fully saturated rings. The van der Waals surface area contributed by atoms with Crippen LogP contribution in [0.2, 0.25) is 0 Å². The lowest BCUT2D eigenvalue weighted by molar-refractivity contribution is 0.535. The van der Waals surface area contributed by atoms with Crippen molar-refractivity contribution in [2.45, 2.75) is 19.8 Å². The fraction of sp³-hybridized carbons (Fsp3) is 0.462. The molecule has 2 N–H and O–H groups in total. The Balaban J connectivity index is 1.69. The van der Waals surface area contributed by atoms with E-state index in [2.05, 4.69) is 28.3 Å². The van der Waals surface area contributed by atoms with Gasteiger partial charge in [0.1, 0.15) is 0 Å². The molecule has 0 spiro atoms. The van der Waals surface area contributed by atoms with Crippen LogP contribution in [0.1, 0.15) is 19.8 Å². The monoisotopic (exact) mass is 215 g/mol. The second kappa shape index (κ2) is 3.81. The zero-order valence-corrected chi connectivity index (χ0v) is 9.53. The highest BCUT2D eigenvalue weighted by Gasteiger charge is 2.27. The Morgan fingerprint density at radius 3 is 3.00 bits per heavy atom. The van der Waals surface area contributed by atoms with E-state index in [0.29, 0.717) is 0 Å². The van der Waals surface area contributed by atoms with E-state index in [1.165, 1.54) is 12.8 Å². The predicted octanol–water partition coefficient (Wildman–Crippen LogP) is 3.02. The number of anilines is 1. The molecule has 3 heteroatoms. The van der Waals surface area contributed by atoms with E-state index in [0.717, 1.165) is 35.4 Å². The maximum Gasteiger partial charge on any atom is 0.201 e. The number of hydrogen-bond acceptors (Lipinski definition) is 2. The minimum atomic E-state index is 0.758. The fourth-order valence-corrected chi connectivity index (χ4v) is 2.13. The first-order valence-electron chi connectivity index (χ1n) is 6.01. The smallest absolute Gasteiger partial charge is 0.201 e. The van der Waals surface area contributed by atoms with E-state index in [4.69, 9.17) is 0 Å². The van der Waals surface area contributed by atoms with Crippen LogP contribution in [0.25, 0.3) is 11.0 Å². The van der Waals surface area contributed by atoms with Crippen molar-refractivity contribution in [2.24, 2.45) is 11.8 Å². The number of para-hydroxylation sites is 2. The van der Waals surface area contributed by atoms with E-state index >= 15 is 0 Å². The van der Waals surface area contributed by atoms with Crippen molar-refractivity contribution in [2.75, 3.05) is 11.9 Å². The lowest BCUT2D eigenvalue weighted by atomic mass is 10.1. The van der Waals surface area contributed by atoms with Crippen LogP contribution in [-0.2, 0) is 0 Å². The van der Waals surface area contributed by atoms with Crippen LogP contribution >= 0.6 is 0 Å². The number of hydrogen-bond donors (Lipinski definition) is 2. The third-order valence-electron chi connectivity index (χ3n) is 3.41. The van der Waals surface area contributed by atoms with Crippen LogP contribution in [0.3, 0.4) is 0 Å². The van der Waals surface area contributed by atoms with E-state index in [1.807, 2.05) is 18.2 Å². The molecule has 1 heterocycles. The minimum Gasteiger partial charge on any atom is -0.356 e. The van der Waals surface area contributed by atoms with Crippen molar-refractivity contribution in [1.82, 2.24) is 9.97 Å². The first-order valence-corrected chi connectivity index (χ1v) is 6.01. The van der Waals surface area contributed by atoms with Gasteiger partial charge in [0.05, 0.1) is 11.0 Å². The third kappa shape index (κ3) is 1.90. The van der Waals surface area contributed by atoms with Crippen molar-refractivity contribution in [1.29, 1.82) is 0 Å². The van der Waals surface area contributed by atoms with Crippen molar-refractivity contribution in [3.05, 3.63) is 24.3 Å². The molecule has 0 amide bonds. The molecule has 16 heavy (non-hydrogen) atoms. The van der Waals surface area contributed by atoms with E-state index in [9.17, 15) is 0 Å². The Morgan fingerprint density at radius 1 is 1.44 bits per heavy atom. The van der Waals surface area contributed by atoms with Crippen LogP contribution in [0.15, 0.2) is 24.3 Å². The topological polar surface area (TPSA) is 40.7 Å². The van der Waals surface area contributed by atoms with Crippen molar-refractivity contribution >= 4 is 17.0 Å². The van der Waals surface area contributed by atoms with E-state index < -0.39 is 0 Å². The molecule has 1 aromatic carbocycles. The van der Waals surface area contributed by atoms with Crippen LogP contribution in [0.4, 0.5) is 5.95 Å². The molecule has 3 nitrogen and oxygen atoms in total. The summed E-state index contributed by atoms with van der Waals surface area (Å²) in [5, 5.41) is 3.39. The van der Waals surface area contributed by atoms with Crippen LogP contribution in [-0.4, -0.2) is 16.5 Å². The van der Waals surface area contributed by atoms with Gasteiger partial charge in [-0.05, 0) is 36.8 Å². The summed E-state index contributed by atoms with van der Waals surface area (Å²) < 4.78 is 0. The summed E-state index contributed by atoms with van der Waals surface area (Å²) >= 11 is 0. The number of imidazole rings is 1. The number of H-pyrrole nitrogens is 1. The summed E-state index contributed by atoms with van der Waals surface area (Å²) in [6, 6.07) is 8.12. The first-order chi connectivity index (χ1) is 7.83. The number of benzene rings is 1. The Morgan fingerprint density at radius 2 is 2.25 bits per heavy atom. The van der Waals surface area contributed by atoms with E-state index in [-0.39, 0.29) is 0 Å². The maximum atomic E-state index is 4.50. The number of aromatic amines is 1. The molecule has 1 atom stereocenters. The number of nitrogens with zero attached hydrogens (tertiary/aromatic N) is 1. The molecule has 1 aliphatic rings. The van der Waals surface area contributed by atoms with Gasteiger partial charge in [-0.2, -0.15) is 0 Å². The Hall–Kier alpha value is -1.51. The zero-order chi connectivity index (χ0) is 11.0. The molecular weight excluding hydrogens is 198 g/mol. The molecule has 1 aliphatic carbocycles. The molecule has 2 aromatic rings. The van der Waals surface area contributed by atoms with Crippen molar-refractivity contribution < 1.29 is 0 Å². The van der Waals surface area contributed by atoms with Gasteiger partial charge in [0.15, 0.2) is 0 Å². The van der Waals surface area contributed by atoms with Crippen molar-refractivity contribution in [3.8, 4) is 0 Å². The van der Waals surface area contributed by atoms with Gasteiger partial charge in [-0.3, -0.25) is 0 Å². The SMILES string of the molecule is CC(CNc1nc2ccccc2[nH]1)C1CC1. The summed E-state index contributed by atoms with van der Waals surface area (Å²) in [5.41, 5.74) is 2.13. The minimum absolute atomic E-state index is 0.758. The van der Waals surface area contributed by atoms with Gasteiger partial charge in [-0.15, -0.1) is 0 Å². The molecular formula is C13H17N3. The van der Waals surface area contributed by atoms with Gasteiger partial charge in [0.25, 0.3) is 0 Å². The third-order valence-corrected chi connectivity index (χ3v) is 3.41. The highest BCUT2D eigenvalue weighted by atomic mass is 15.1. The lowest BCUT2D eigenvalue weighted by Crippen LogP contribution is -2.13. The molecule has 0 bridgehead atoms. The summed E-state index contributed by atoms with van der Waals surface area (Å²) in [4.78, 5) is 7.79. The molecule has 1 saturated carbocycles. The lowest BCUT2D eigenvalue weighted by Gasteiger charge is -2.09. The molecule has 84 valence electrons. The van der Waals surface area contributed by atoms with Gasteiger partial charge in [0, 0.05) is 6.54 Å². The maximum absolute atomic E-state index is 4.50. The summed E-state index contributed by atoms with van der Waals surface area (Å²) in [7, 11) is 0. The normalized spacial score (nSPS) is 17.6. The highest BCUT2D eigenvalue weighted by molar-refractivity contribution is 5.77. The van der Waals surface area contributed by atoms with Gasteiger partial charge >= 0.3 is 0 Å². The summed E-state index contributed by atoms with van der Waals surface area (Å²) in [6.07, 6.45) is 2.81. The second-order valence-electron chi connectivity index (χ2n) is 4.80. The molecule has 0 saturated heterocycles. The fourth-order valence-electron chi connectivity index (χ4n) is 2.13. The van der Waals surface area contributed by atoms with Crippen LogP contribution < -0.4 is 5.32 Å². The number of fused-ring (bicyclic) bond motifs is 1. The second-order valence-corrected chi connectivity index (χ2v) is 4.80. The first kappa shape index (κ1) is 9.70. The van der Waals surface area contributed by atoms with E-state index in [1.54, 1.807) is 0 Å². The molecule has 1 unspecified atom stereocenters. The Bertz CT molecular complexity index is 452. The average Bonchev–Trinajstić information content (AvgIpc) is 3.06. The highest BCUT2D eigenvalue weighted by Crippen LogP contribution is 2.36. The quantitative estimate of drug-likeness (QED) is 0.823. The van der Waals surface area contributed by atoms with Gasteiger partial charge in [0.2, 0.25) is 5.95 Å². The summed E-state index contributed by atoms with van der Waals surface area (Å²) in [6.45, 7) is 3.33. The summed E-state index contributed by atoms with van der Waals surface area (Å²) in [5.74, 6) is 2.60. The predicted molar refractivity (Wildman–Crippen MR) is 66.5 cm³/mol. The van der Waals surface area contributed by atoms with Crippen LogP contribution in [0.5, 0.6) is 0 Å². The zero-order valence-electron chi connectivity index (χ0n) is 9.53. The standard InChI is InChI=1S/C13H17N3/c1-9(10-6-7-10)8-14-13-15-11-4-2-3-5-12(11)16-13/h2-5,9-10H,6-8H2,1H3,(H2,14,15,16). The number of nitrogens with one attached hydrogen (secondary N) is 2. The van der Waals surface area contributed by atoms with Crippen LogP contribution in [0, 0.1) is 11.8 Å². The Kier molecular flexibility index (Phi) is 2.31. The molecule has 0 radical (unpaired) electrons. The molecule has 3 rings (SSSR count). The molecule has 0 aliphatic heterocycles. The van der Waals surface area contributed by atoms with Gasteiger partial charge in [-0.25, -0.2) is 4.98 Å². The number of rotatable bonds is 4. The largest absolute Gasteiger partial charge is 0.356 e. The average molecular weight is 215 g/mol. The number of aromatic nitrogens is 2. The molecule has 1 aromatic heterocycles. The van der Waals surface area contributed by atoms with Gasteiger partial charge < -0.3 is 10.3 Å².